The smallest absolute Gasteiger partial charge is 0.341 e. The molecule has 0 aliphatic heterocycles. The predicted molar refractivity (Wildman–Crippen MR) is 101 cm³/mol. The zero-order chi connectivity index (χ0) is 18.8. The number of hydrogen-bond donors (Lipinski definition) is 2. The highest BCUT2D eigenvalue weighted by molar-refractivity contribution is 7.16. The van der Waals surface area contributed by atoms with E-state index in [2.05, 4.69) is 15.3 Å². The second-order valence-corrected chi connectivity index (χ2v) is 7.01. The van der Waals surface area contributed by atoms with Crippen molar-refractivity contribution in [2.75, 3.05) is 11.1 Å². The van der Waals surface area contributed by atoms with E-state index in [1.807, 2.05) is 38.1 Å². The number of rotatable bonds is 4. The van der Waals surface area contributed by atoms with Gasteiger partial charge in [0, 0.05) is 17.2 Å². The van der Waals surface area contributed by atoms with Gasteiger partial charge in [0.1, 0.15) is 10.8 Å². The number of benzene rings is 1. The minimum Gasteiger partial charge on any atom is -0.454 e. The van der Waals surface area contributed by atoms with E-state index in [0.29, 0.717) is 27.7 Å². The monoisotopic (exact) mass is 370 g/mol. The number of esters is 1. The van der Waals surface area contributed by atoms with Crippen LogP contribution in [0.25, 0.3) is 10.9 Å². The van der Waals surface area contributed by atoms with Crippen molar-refractivity contribution < 1.29 is 14.3 Å². The molecular formula is C18H18N4O3S. The van der Waals surface area contributed by atoms with Crippen LogP contribution in [0.5, 0.6) is 0 Å². The van der Waals surface area contributed by atoms with Crippen molar-refractivity contribution in [2.45, 2.75) is 27.4 Å². The molecule has 0 fully saturated rings. The Labute approximate surface area is 154 Å². The van der Waals surface area contributed by atoms with Crippen molar-refractivity contribution in [3.05, 3.63) is 46.1 Å². The average molecular weight is 370 g/mol. The number of nitrogens with two attached hydrogens (primary N) is 1. The Bertz CT molecular complexity index is 1010. The number of amides is 1. The van der Waals surface area contributed by atoms with Crippen LogP contribution in [0.3, 0.4) is 0 Å². The molecule has 0 saturated heterocycles. The van der Waals surface area contributed by atoms with Crippen LogP contribution in [0.2, 0.25) is 0 Å². The molecule has 3 N–H and O–H groups in total. The summed E-state index contributed by atoms with van der Waals surface area (Å²) in [7, 11) is 0. The Morgan fingerprint density at radius 1 is 1.23 bits per heavy atom. The molecule has 7 nitrogen and oxygen atoms in total. The number of fused-ring (bicyclic) bond motifs is 1. The molecule has 0 spiro atoms. The maximum Gasteiger partial charge on any atom is 0.341 e. The van der Waals surface area contributed by atoms with Crippen LogP contribution in [-0.2, 0) is 16.1 Å². The summed E-state index contributed by atoms with van der Waals surface area (Å²) in [6.07, 6.45) is 0. The van der Waals surface area contributed by atoms with Crippen molar-refractivity contribution in [1.82, 2.24) is 9.97 Å². The molecule has 134 valence electrons. The Kier molecular flexibility index (Phi) is 4.85. The number of nitrogens with zero attached hydrogens (tertiary/aromatic N) is 2. The molecule has 1 amide bonds. The van der Waals surface area contributed by atoms with Crippen LogP contribution in [0, 0.1) is 13.8 Å². The lowest BCUT2D eigenvalue weighted by molar-refractivity contribution is -0.114. The van der Waals surface area contributed by atoms with Gasteiger partial charge in [0.25, 0.3) is 0 Å². The van der Waals surface area contributed by atoms with Gasteiger partial charge >= 0.3 is 5.97 Å². The molecule has 0 radical (unpaired) electrons. The summed E-state index contributed by atoms with van der Waals surface area (Å²) < 4.78 is 5.37. The van der Waals surface area contributed by atoms with Crippen molar-refractivity contribution >= 4 is 44.9 Å². The van der Waals surface area contributed by atoms with Crippen LogP contribution in [0.4, 0.5) is 10.8 Å². The van der Waals surface area contributed by atoms with E-state index in [1.54, 1.807) is 0 Å². The summed E-state index contributed by atoms with van der Waals surface area (Å²) in [5, 5.41) is 3.91. The Balaban J connectivity index is 1.82. The van der Waals surface area contributed by atoms with Gasteiger partial charge in [-0.1, -0.05) is 12.1 Å². The van der Waals surface area contributed by atoms with Gasteiger partial charge in [-0.15, -0.1) is 11.3 Å². The number of ether oxygens (including phenoxy) is 1. The fraction of sp³-hybridized carbons (Fsp3) is 0.222. The predicted octanol–water partition coefficient (Wildman–Crippen LogP) is 3.21. The quantitative estimate of drug-likeness (QED) is 0.683. The molecule has 2 heterocycles. The highest BCUT2D eigenvalue weighted by atomic mass is 32.1. The van der Waals surface area contributed by atoms with Crippen molar-refractivity contribution in [3.63, 3.8) is 0 Å². The fourth-order valence-corrected chi connectivity index (χ4v) is 3.63. The molecule has 26 heavy (non-hydrogen) atoms. The van der Waals surface area contributed by atoms with Gasteiger partial charge < -0.3 is 15.8 Å². The first-order valence-corrected chi connectivity index (χ1v) is 8.74. The standard InChI is InChI=1S/C18H18N4O3S/c1-9-10(2)26-17(20-11(3)23)15(9)18(24)25-8-14-21-13-7-5-4-6-12(13)16(19)22-14/h4-7H,8H2,1-3H3,(H,20,23)(H2,19,21,22). The highest BCUT2D eigenvalue weighted by Crippen LogP contribution is 2.33. The molecule has 0 unspecified atom stereocenters. The van der Waals surface area contributed by atoms with E-state index < -0.39 is 5.97 Å². The third-order valence-corrected chi connectivity index (χ3v) is 5.01. The lowest BCUT2D eigenvalue weighted by atomic mass is 10.1. The number of nitrogens with one attached hydrogen (secondary N) is 1. The van der Waals surface area contributed by atoms with E-state index in [-0.39, 0.29) is 12.5 Å². The van der Waals surface area contributed by atoms with Crippen LogP contribution in [0.1, 0.15) is 33.5 Å². The van der Waals surface area contributed by atoms with E-state index >= 15 is 0 Å². The number of nitrogen functional groups attached to an aromatic ring is 1. The van der Waals surface area contributed by atoms with Gasteiger partial charge in [0.2, 0.25) is 5.91 Å². The van der Waals surface area contributed by atoms with E-state index in [4.69, 9.17) is 10.5 Å². The van der Waals surface area contributed by atoms with Crippen molar-refractivity contribution in [1.29, 1.82) is 0 Å². The third kappa shape index (κ3) is 3.50. The summed E-state index contributed by atoms with van der Waals surface area (Å²) in [5.41, 5.74) is 7.77. The second-order valence-electron chi connectivity index (χ2n) is 5.79. The van der Waals surface area contributed by atoms with Gasteiger partial charge in [-0.05, 0) is 31.5 Å². The van der Waals surface area contributed by atoms with Crippen molar-refractivity contribution in [3.8, 4) is 0 Å². The van der Waals surface area contributed by atoms with Crippen LogP contribution in [-0.4, -0.2) is 21.8 Å². The lowest BCUT2D eigenvalue weighted by Gasteiger charge is -2.08. The molecule has 0 bridgehead atoms. The van der Waals surface area contributed by atoms with Crippen molar-refractivity contribution in [2.24, 2.45) is 0 Å². The second kappa shape index (κ2) is 7.09. The summed E-state index contributed by atoms with van der Waals surface area (Å²) in [5.74, 6) is -0.125. The molecule has 0 aliphatic rings. The van der Waals surface area contributed by atoms with E-state index in [1.165, 1.54) is 18.3 Å². The SMILES string of the molecule is CC(=O)Nc1sc(C)c(C)c1C(=O)OCc1nc(N)c2ccccc2n1. The number of para-hydroxylation sites is 1. The molecule has 2 aromatic heterocycles. The molecule has 0 atom stereocenters. The van der Waals surface area contributed by atoms with Gasteiger partial charge in [0.05, 0.1) is 11.1 Å². The van der Waals surface area contributed by atoms with Gasteiger partial charge in [-0.2, -0.15) is 0 Å². The fourth-order valence-electron chi connectivity index (χ4n) is 2.54. The normalized spacial score (nSPS) is 10.7. The van der Waals surface area contributed by atoms with Gasteiger partial charge in [-0.25, -0.2) is 14.8 Å². The van der Waals surface area contributed by atoms with Crippen LogP contribution in [0.15, 0.2) is 24.3 Å². The Morgan fingerprint density at radius 3 is 2.69 bits per heavy atom. The molecule has 1 aromatic carbocycles. The number of carbonyl (C=O) groups is 2. The summed E-state index contributed by atoms with van der Waals surface area (Å²) in [4.78, 5) is 33.4. The number of aromatic nitrogens is 2. The number of hydrogen-bond acceptors (Lipinski definition) is 7. The largest absolute Gasteiger partial charge is 0.454 e. The summed E-state index contributed by atoms with van der Waals surface area (Å²) in [6, 6.07) is 7.35. The Hall–Kier alpha value is -3.00. The Morgan fingerprint density at radius 2 is 1.96 bits per heavy atom. The van der Waals surface area contributed by atoms with Gasteiger partial charge in [0.15, 0.2) is 12.4 Å². The zero-order valence-electron chi connectivity index (χ0n) is 14.6. The third-order valence-electron chi connectivity index (χ3n) is 3.89. The minimum atomic E-state index is -0.536. The molecule has 8 heteroatoms. The number of aryl methyl sites for hydroxylation is 1. The maximum atomic E-state index is 12.5. The lowest BCUT2D eigenvalue weighted by Crippen LogP contribution is -2.13. The molecule has 0 saturated carbocycles. The van der Waals surface area contributed by atoms with Crippen LogP contribution < -0.4 is 11.1 Å². The highest BCUT2D eigenvalue weighted by Gasteiger charge is 2.22. The number of anilines is 2. The first-order chi connectivity index (χ1) is 12.4. The number of carbonyl (C=O) groups excluding carboxylic acids is 2. The molecule has 0 aliphatic carbocycles. The topological polar surface area (TPSA) is 107 Å². The minimum absolute atomic E-state index is 0.109. The molecule has 3 rings (SSSR count). The molecule has 3 aromatic rings. The van der Waals surface area contributed by atoms with E-state index in [0.717, 1.165) is 15.8 Å². The zero-order valence-corrected chi connectivity index (χ0v) is 15.4. The average Bonchev–Trinajstić information content (AvgIpc) is 2.86. The van der Waals surface area contributed by atoms with Gasteiger partial charge in [-0.3, -0.25) is 4.79 Å². The summed E-state index contributed by atoms with van der Waals surface area (Å²) in [6.45, 7) is 4.99. The first kappa shape index (κ1) is 17.8. The number of thiophene rings is 1. The molecular weight excluding hydrogens is 352 g/mol. The van der Waals surface area contributed by atoms with Crippen LogP contribution >= 0.6 is 11.3 Å². The maximum absolute atomic E-state index is 12.5. The summed E-state index contributed by atoms with van der Waals surface area (Å²) >= 11 is 1.34. The first-order valence-electron chi connectivity index (χ1n) is 7.92. The van der Waals surface area contributed by atoms with E-state index in [9.17, 15) is 9.59 Å².